The molecule has 2 heteroatoms. The molecular weight excluding hydrogens is 256 g/mol. The minimum Gasteiger partial charge on any atom is -0.328 e. The SMILES string of the molecule is CCCN(C1CCC(N)CC1)C(CC)Cc1ccccc1. The van der Waals surface area contributed by atoms with Gasteiger partial charge in [-0.25, -0.2) is 0 Å². The summed E-state index contributed by atoms with van der Waals surface area (Å²) in [7, 11) is 0. The van der Waals surface area contributed by atoms with Gasteiger partial charge >= 0.3 is 0 Å². The highest BCUT2D eigenvalue weighted by Crippen LogP contribution is 2.26. The van der Waals surface area contributed by atoms with E-state index in [0.717, 1.165) is 6.04 Å². The predicted molar refractivity (Wildman–Crippen MR) is 91.5 cm³/mol. The number of hydrogen-bond donors (Lipinski definition) is 1. The molecule has 1 atom stereocenters. The van der Waals surface area contributed by atoms with Crippen molar-refractivity contribution in [2.24, 2.45) is 5.73 Å². The zero-order valence-corrected chi connectivity index (χ0v) is 13.8. The van der Waals surface area contributed by atoms with Gasteiger partial charge in [-0.3, -0.25) is 4.90 Å². The van der Waals surface area contributed by atoms with E-state index in [4.69, 9.17) is 5.73 Å². The van der Waals surface area contributed by atoms with Gasteiger partial charge in [0.05, 0.1) is 0 Å². The summed E-state index contributed by atoms with van der Waals surface area (Å²) in [6.07, 6.45) is 8.63. The lowest BCUT2D eigenvalue weighted by Crippen LogP contribution is -2.47. The highest BCUT2D eigenvalue weighted by atomic mass is 15.2. The Kier molecular flexibility index (Phi) is 6.72. The average Bonchev–Trinajstić information content (AvgIpc) is 2.53. The van der Waals surface area contributed by atoms with Crippen molar-refractivity contribution in [3.8, 4) is 0 Å². The smallest absolute Gasteiger partial charge is 0.0136 e. The van der Waals surface area contributed by atoms with Crippen LogP contribution in [0.1, 0.15) is 57.9 Å². The Hall–Kier alpha value is -0.860. The maximum atomic E-state index is 6.08. The van der Waals surface area contributed by atoms with E-state index < -0.39 is 0 Å². The van der Waals surface area contributed by atoms with E-state index in [-0.39, 0.29) is 0 Å². The zero-order chi connectivity index (χ0) is 15.1. The number of hydrogen-bond acceptors (Lipinski definition) is 2. The van der Waals surface area contributed by atoms with Crippen molar-refractivity contribution in [2.45, 2.75) is 76.9 Å². The molecule has 1 saturated carbocycles. The van der Waals surface area contributed by atoms with Crippen LogP contribution in [0.4, 0.5) is 0 Å². The average molecular weight is 288 g/mol. The van der Waals surface area contributed by atoms with Gasteiger partial charge in [-0.15, -0.1) is 0 Å². The minimum absolute atomic E-state index is 0.443. The third-order valence-corrected chi connectivity index (χ3v) is 4.95. The summed E-state index contributed by atoms with van der Waals surface area (Å²) < 4.78 is 0. The van der Waals surface area contributed by atoms with Crippen molar-refractivity contribution < 1.29 is 0 Å². The molecule has 118 valence electrons. The summed E-state index contributed by atoms with van der Waals surface area (Å²) in [5, 5.41) is 0. The molecule has 2 N–H and O–H groups in total. The molecule has 0 saturated heterocycles. The number of nitrogens with zero attached hydrogens (tertiary/aromatic N) is 1. The summed E-state index contributed by atoms with van der Waals surface area (Å²) in [4.78, 5) is 2.79. The number of rotatable bonds is 7. The molecule has 0 heterocycles. The minimum atomic E-state index is 0.443. The van der Waals surface area contributed by atoms with E-state index in [2.05, 4.69) is 49.1 Å². The van der Waals surface area contributed by atoms with E-state index in [0.29, 0.717) is 12.1 Å². The highest BCUT2D eigenvalue weighted by molar-refractivity contribution is 5.16. The topological polar surface area (TPSA) is 29.3 Å². The molecule has 1 aromatic rings. The first-order valence-electron chi connectivity index (χ1n) is 8.79. The largest absolute Gasteiger partial charge is 0.328 e. The van der Waals surface area contributed by atoms with Crippen LogP contribution in [0.15, 0.2) is 30.3 Å². The summed E-state index contributed by atoms with van der Waals surface area (Å²) in [6.45, 7) is 5.87. The second-order valence-electron chi connectivity index (χ2n) is 6.56. The summed E-state index contributed by atoms with van der Waals surface area (Å²) >= 11 is 0. The molecule has 0 radical (unpaired) electrons. The van der Waals surface area contributed by atoms with Gasteiger partial charge in [0, 0.05) is 18.1 Å². The van der Waals surface area contributed by atoms with Crippen LogP contribution in [0.2, 0.25) is 0 Å². The fraction of sp³-hybridized carbons (Fsp3) is 0.684. The Balaban J connectivity index is 2.03. The van der Waals surface area contributed by atoms with Crippen LogP contribution >= 0.6 is 0 Å². The first-order valence-corrected chi connectivity index (χ1v) is 8.79. The van der Waals surface area contributed by atoms with E-state index in [1.807, 2.05) is 0 Å². The molecule has 21 heavy (non-hydrogen) atoms. The van der Waals surface area contributed by atoms with Crippen molar-refractivity contribution in [3.63, 3.8) is 0 Å². The Morgan fingerprint density at radius 3 is 2.33 bits per heavy atom. The molecule has 1 fully saturated rings. The van der Waals surface area contributed by atoms with Gasteiger partial charge in [0.25, 0.3) is 0 Å². The summed E-state index contributed by atoms with van der Waals surface area (Å²) in [6, 6.07) is 12.8. The van der Waals surface area contributed by atoms with Gasteiger partial charge in [0.1, 0.15) is 0 Å². The maximum absolute atomic E-state index is 6.08. The fourth-order valence-electron chi connectivity index (χ4n) is 3.74. The molecule has 2 rings (SSSR count). The maximum Gasteiger partial charge on any atom is 0.0136 e. The molecule has 1 aliphatic carbocycles. The predicted octanol–water partition coefficient (Wildman–Crippen LogP) is 3.99. The molecule has 1 aliphatic rings. The molecular formula is C19H32N2. The van der Waals surface area contributed by atoms with E-state index >= 15 is 0 Å². The van der Waals surface area contributed by atoms with Gasteiger partial charge in [-0.1, -0.05) is 44.2 Å². The second kappa shape index (κ2) is 8.55. The lowest BCUT2D eigenvalue weighted by Gasteiger charge is -2.41. The molecule has 0 aromatic heterocycles. The van der Waals surface area contributed by atoms with Gasteiger partial charge < -0.3 is 5.73 Å². The van der Waals surface area contributed by atoms with Crippen molar-refractivity contribution in [1.29, 1.82) is 0 Å². The zero-order valence-electron chi connectivity index (χ0n) is 13.8. The fourth-order valence-corrected chi connectivity index (χ4v) is 3.74. The van der Waals surface area contributed by atoms with Gasteiger partial charge in [0.15, 0.2) is 0 Å². The van der Waals surface area contributed by atoms with Crippen LogP contribution in [0.3, 0.4) is 0 Å². The monoisotopic (exact) mass is 288 g/mol. The van der Waals surface area contributed by atoms with Crippen LogP contribution in [-0.2, 0) is 6.42 Å². The Labute approximate surface area is 130 Å². The van der Waals surface area contributed by atoms with Gasteiger partial charge in [-0.2, -0.15) is 0 Å². The molecule has 0 amide bonds. The van der Waals surface area contributed by atoms with Crippen molar-refractivity contribution >= 4 is 0 Å². The van der Waals surface area contributed by atoms with E-state index in [9.17, 15) is 0 Å². The van der Waals surface area contributed by atoms with Crippen LogP contribution in [0, 0.1) is 0 Å². The normalized spacial score (nSPS) is 24.2. The van der Waals surface area contributed by atoms with Crippen LogP contribution in [0.25, 0.3) is 0 Å². The van der Waals surface area contributed by atoms with E-state index in [1.54, 1.807) is 0 Å². The third-order valence-electron chi connectivity index (χ3n) is 4.95. The molecule has 1 aromatic carbocycles. The Morgan fingerprint density at radius 2 is 1.76 bits per heavy atom. The van der Waals surface area contributed by atoms with Crippen LogP contribution in [-0.4, -0.2) is 29.6 Å². The first-order chi connectivity index (χ1) is 10.2. The molecule has 2 nitrogen and oxygen atoms in total. The van der Waals surface area contributed by atoms with Gasteiger partial charge in [-0.05, 0) is 57.1 Å². The first kappa shape index (κ1) is 16.5. The van der Waals surface area contributed by atoms with Crippen LogP contribution in [0.5, 0.6) is 0 Å². The van der Waals surface area contributed by atoms with Crippen molar-refractivity contribution in [1.82, 2.24) is 4.90 Å². The van der Waals surface area contributed by atoms with E-state index in [1.165, 1.54) is 57.1 Å². The lowest BCUT2D eigenvalue weighted by atomic mass is 9.88. The van der Waals surface area contributed by atoms with Crippen LogP contribution < -0.4 is 5.73 Å². The molecule has 0 spiro atoms. The van der Waals surface area contributed by atoms with Gasteiger partial charge in [0.2, 0.25) is 0 Å². The molecule has 0 bridgehead atoms. The van der Waals surface area contributed by atoms with Crippen molar-refractivity contribution in [3.05, 3.63) is 35.9 Å². The van der Waals surface area contributed by atoms with Crippen molar-refractivity contribution in [2.75, 3.05) is 6.54 Å². The summed E-state index contributed by atoms with van der Waals surface area (Å²) in [5.41, 5.74) is 7.56. The Bertz CT molecular complexity index is 382. The number of nitrogens with two attached hydrogens (primary N) is 1. The highest BCUT2D eigenvalue weighted by Gasteiger charge is 2.28. The third kappa shape index (κ3) is 4.82. The lowest BCUT2D eigenvalue weighted by molar-refractivity contribution is 0.0961. The second-order valence-corrected chi connectivity index (χ2v) is 6.56. The standard InChI is InChI=1S/C19H32N2/c1-3-14-21(19-12-10-17(20)11-13-19)18(4-2)15-16-8-6-5-7-9-16/h5-9,17-19H,3-4,10-15,20H2,1-2H3. The molecule has 1 unspecified atom stereocenters. The molecule has 0 aliphatic heterocycles. The Morgan fingerprint density at radius 1 is 1.10 bits per heavy atom. The number of benzene rings is 1. The quantitative estimate of drug-likeness (QED) is 0.822. The summed E-state index contributed by atoms with van der Waals surface area (Å²) in [5.74, 6) is 0.